The third-order valence-corrected chi connectivity index (χ3v) is 4.37. The van der Waals surface area contributed by atoms with E-state index in [1.807, 2.05) is 6.07 Å². The smallest absolute Gasteiger partial charge is 0.360 e. The average molecular weight is 434 g/mol. The molecule has 0 unspecified atom stereocenters. The Hall–Kier alpha value is -3.51. The predicted molar refractivity (Wildman–Crippen MR) is 102 cm³/mol. The molecule has 0 aliphatic rings. The van der Waals surface area contributed by atoms with Gasteiger partial charge in [0.05, 0.1) is 22.5 Å². The summed E-state index contributed by atoms with van der Waals surface area (Å²) in [6.07, 6.45) is 1.41. The number of fused-ring (bicyclic) bond motifs is 1. The molecule has 0 saturated carbocycles. The number of carbonyl (C=O) groups excluding carboxylic acids is 2. The van der Waals surface area contributed by atoms with Crippen molar-refractivity contribution < 1.29 is 27.8 Å². The summed E-state index contributed by atoms with van der Waals surface area (Å²) < 4.78 is 38.4. The lowest BCUT2D eigenvalue weighted by atomic mass is 10.1. The molecule has 0 spiro atoms. The zero-order valence-corrected chi connectivity index (χ0v) is 16.6. The highest BCUT2D eigenvalue weighted by Crippen LogP contribution is 2.38. The molecule has 3 aromatic rings. The van der Waals surface area contributed by atoms with E-state index in [9.17, 15) is 23.6 Å². The summed E-state index contributed by atoms with van der Waals surface area (Å²) >= 11 is 6.34. The standard InChI is InChI=1S/C20H14ClF2N3O4/c1-3-29-20(28)17-19(30-10(2)27)16-12(21)9-26(18(16)15(7-24)25-17)8-11-4-5-13(22)14(23)6-11/h4-6,9H,3,8H2,1-2H3. The van der Waals surface area contributed by atoms with Crippen LogP contribution in [0.15, 0.2) is 24.4 Å². The van der Waals surface area contributed by atoms with Crippen LogP contribution in [0.2, 0.25) is 5.02 Å². The molecule has 1 aromatic carbocycles. The van der Waals surface area contributed by atoms with Crippen molar-refractivity contribution in [3.63, 3.8) is 0 Å². The van der Waals surface area contributed by atoms with Gasteiger partial charge in [-0.3, -0.25) is 4.79 Å². The number of hydrogen-bond acceptors (Lipinski definition) is 6. The van der Waals surface area contributed by atoms with Crippen LogP contribution in [0.3, 0.4) is 0 Å². The number of halogens is 3. The van der Waals surface area contributed by atoms with E-state index in [1.54, 1.807) is 6.92 Å². The van der Waals surface area contributed by atoms with E-state index < -0.39 is 23.6 Å². The summed E-state index contributed by atoms with van der Waals surface area (Å²) in [5.74, 6) is -3.90. The van der Waals surface area contributed by atoms with Gasteiger partial charge in [0.2, 0.25) is 0 Å². The average Bonchev–Trinajstić information content (AvgIpc) is 3.01. The fourth-order valence-electron chi connectivity index (χ4n) is 2.95. The van der Waals surface area contributed by atoms with E-state index in [0.717, 1.165) is 19.1 Å². The van der Waals surface area contributed by atoms with Crippen LogP contribution < -0.4 is 4.74 Å². The van der Waals surface area contributed by atoms with Gasteiger partial charge in [-0.25, -0.2) is 18.6 Å². The van der Waals surface area contributed by atoms with E-state index in [4.69, 9.17) is 21.1 Å². The lowest BCUT2D eigenvalue weighted by Crippen LogP contribution is -2.14. The highest BCUT2D eigenvalue weighted by Gasteiger charge is 2.27. The van der Waals surface area contributed by atoms with Crippen LogP contribution in [-0.2, 0) is 16.1 Å². The van der Waals surface area contributed by atoms with E-state index in [2.05, 4.69) is 4.98 Å². The summed E-state index contributed by atoms with van der Waals surface area (Å²) in [6.45, 7) is 2.75. The van der Waals surface area contributed by atoms with Crippen molar-refractivity contribution >= 4 is 34.4 Å². The van der Waals surface area contributed by atoms with Crippen LogP contribution in [-0.4, -0.2) is 28.1 Å². The van der Waals surface area contributed by atoms with Gasteiger partial charge in [-0.2, -0.15) is 5.26 Å². The molecule has 154 valence electrons. The molecular weight excluding hydrogens is 420 g/mol. The van der Waals surface area contributed by atoms with Crippen molar-refractivity contribution in [3.05, 3.63) is 58.0 Å². The van der Waals surface area contributed by atoms with Gasteiger partial charge < -0.3 is 14.0 Å². The number of benzene rings is 1. The van der Waals surface area contributed by atoms with Gasteiger partial charge in [0, 0.05) is 19.7 Å². The van der Waals surface area contributed by atoms with Gasteiger partial charge in [0.1, 0.15) is 6.07 Å². The Morgan fingerprint density at radius 2 is 2.03 bits per heavy atom. The largest absolute Gasteiger partial charge is 0.461 e. The van der Waals surface area contributed by atoms with E-state index >= 15 is 0 Å². The minimum absolute atomic E-state index is 0.00897. The summed E-state index contributed by atoms with van der Waals surface area (Å²) in [5, 5.41) is 9.75. The number of nitrogens with zero attached hydrogens (tertiary/aromatic N) is 3. The Labute approximate surface area is 174 Å². The molecule has 30 heavy (non-hydrogen) atoms. The topological polar surface area (TPSA) is 94.2 Å². The molecule has 0 fully saturated rings. The van der Waals surface area contributed by atoms with Gasteiger partial charge in [0.15, 0.2) is 28.8 Å². The first-order valence-electron chi connectivity index (χ1n) is 8.68. The molecule has 0 saturated heterocycles. The van der Waals surface area contributed by atoms with Crippen LogP contribution in [0.1, 0.15) is 35.6 Å². The van der Waals surface area contributed by atoms with Crippen LogP contribution in [0.4, 0.5) is 8.78 Å². The van der Waals surface area contributed by atoms with Crippen LogP contribution in [0, 0.1) is 23.0 Å². The molecule has 3 rings (SSSR count). The van der Waals surface area contributed by atoms with Gasteiger partial charge in [-0.05, 0) is 24.6 Å². The highest BCUT2D eigenvalue weighted by atomic mass is 35.5. The number of esters is 2. The molecule has 0 aliphatic carbocycles. The number of nitriles is 1. The van der Waals surface area contributed by atoms with E-state index in [-0.39, 0.29) is 46.2 Å². The van der Waals surface area contributed by atoms with Crippen LogP contribution in [0.25, 0.3) is 10.9 Å². The Balaban J connectivity index is 2.27. The molecule has 0 atom stereocenters. The quantitative estimate of drug-likeness (QED) is 0.565. The number of pyridine rings is 1. The molecule has 0 amide bonds. The van der Waals surface area contributed by atoms with Crippen molar-refractivity contribution in [3.8, 4) is 11.8 Å². The third kappa shape index (κ3) is 3.95. The molecule has 0 aliphatic heterocycles. The van der Waals surface area contributed by atoms with E-state index in [1.165, 1.54) is 16.8 Å². The molecule has 2 aromatic heterocycles. The number of aromatic nitrogens is 2. The number of ether oxygens (including phenoxy) is 2. The van der Waals surface area contributed by atoms with Crippen molar-refractivity contribution in [1.82, 2.24) is 9.55 Å². The summed E-state index contributed by atoms with van der Waals surface area (Å²) in [4.78, 5) is 28.0. The lowest BCUT2D eigenvalue weighted by Gasteiger charge is -2.12. The maximum atomic E-state index is 13.6. The van der Waals surface area contributed by atoms with Crippen molar-refractivity contribution in [2.45, 2.75) is 20.4 Å². The second kappa shape index (κ2) is 8.47. The zero-order valence-electron chi connectivity index (χ0n) is 15.8. The fraction of sp³-hybridized carbons (Fsp3) is 0.200. The summed E-state index contributed by atoms with van der Waals surface area (Å²) in [6, 6.07) is 5.23. The van der Waals surface area contributed by atoms with Gasteiger partial charge in [-0.1, -0.05) is 17.7 Å². The SMILES string of the molecule is CCOC(=O)c1nc(C#N)c2c(c(Cl)cn2Cc2ccc(F)c(F)c2)c1OC(C)=O. The van der Waals surface area contributed by atoms with Gasteiger partial charge in [0.25, 0.3) is 0 Å². The minimum Gasteiger partial charge on any atom is -0.461 e. The molecular formula is C20H14ClF2N3O4. The summed E-state index contributed by atoms with van der Waals surface area (Å²) in [5.41, 5.74) is -0.00610. The third-order valence-electron chi connectivity index (χ3n) is 4.08. The minimum atomic E-state index is -1.03. The van der Waals surface area contributed by atoms with Crippen molar-refractivity contribution in [1.29, 1.82) is 5.26 Å². The zero-order chi connectivity index (χ0) is 22.0. The number of hydrogen-bond donors (Lipinski definition) is 0. The van der Waals surface area contributed by atoms with Crippen molar-refractivity contribution in [2.75, 3.05) is 6.61 Å². The van der Waals surface area contributed by atoms with Crippen LogP contribution in [0.5, 0.6) is 5.75 Å². The highest BCUT2D eigenvalue weighted by molar-refractivity contribution is 6.36. The normalized spacial score (nSPS) is 10.7. The maximum Gasteiger partial charge on any atom is 0.360 e. The van der Waals surface area contributed by atoms with Crippen molar-refractivity contribution in [2.24, 2.45) is 0 Å². The Morgan fingerprint density at radius 3 is 2.63 bits per heavy atom. The maximum absolute atomic E-state index is 13.6. The first-order valence-corrected chi connectivity index (χ1v) is 9.06. The van der Waals surface area contributed by atoms with E-state index in [0.29, 0.717) is 5.56 Å². The molecule has 0 radical (unpaired) electrons. The second-order valence-electron chi connectivity index (χ2n) is 6.14. The number of rotatable bonds is 5. The molecule has 7 nitrogen and oxygen atoms in total. The number of carbonyl (C=O) groups is 2. The monoisotopic (exact) mass is 433 g/mol. The molecule has 0 bridgehead atoms. The van der Waals surface area contributed by atoms with Gasteiger partial charge >= 0.3 is 11.9 Å². The van der Waals surface area contributed by atoms with Gasteiger partial charge in [-0.15, -0.1) is 0 Å². The Morgan fingerprint density at radius 1 is 1.30 bits per heavy atom. The molecule has 2 heterocycles. The first kappa shape index (κ1) is 21.2. The Bertz CT molecular complexity index is 1220. The summed E-state index contributed by atoms with van der Waals surface area (Å²) in [7, 11) is 0. The first-order chi connectivity index (χ1) is 14.3. The van der Waals surface area contributed by atoms with Crippen LogP contribution >= 0.6 is 11.6 Å². The fourth-order valence-corrected chi connectivity index (χ4v) is 3.24. The lowest BCUT2D eigenvalue weighted by molar-refractivity contribution is -0.131. The second-order valence-corrected chi connectivity index (χ2v) is 6.55. The molecule has 0 N–H and O–H groups in total. The Kier molecular flexibility index (Phi) is 5.99. The molecule has 10 heteroatoms. The predicted octanol–water partition coefficient (Wildman–Crippen LogP) is 3.99.